The summed E-state index contributed by atoms with van der Waals surface area (Å²) in [6, 6.07) is 0.410. The number of thiol groups is 1. The van der Waals surface area contributed by atoms with E-state index in [1.807, 2.05) is 0 Å². The molecular weight excluding hydrogens is 479 g/mol. The lowest BCUT2D eigenvalue weighted by atomic mass is 9.87. The van der Waals surface area contributed by atoms with Gasteiger partial charge in [0.15, 0.2) is 0 Å². The first kappa shape index (κ1) is 25.3. The highest BCUT2D eigenvalue weighted by Crippen LogP contribution is 2.58. The third-order valence-corrected chi connectivity index (χ3v) is 15.6. The van der Waals surface area contributed by atoms with Crippen LogP contribution in [-0.4, -0.2) is 38.2 Å². The highest BCUT2D eigenvalue weighted by molar-refractivity contribution is 8.81. The van der Waals surface area contributed by atoms with Gasteiger partial charge in [-0.05, 0) is 50.9 Å². The number of rotatable bonds is 6. The molecule has 0 radical (unpaired) electrons. The van der Waals surface area contributed by atoms with Crippen LogP contribution in [0, 0.1) is 5.92 Å². The summed E-state index contributed by atoms with van der Waals surface area (Å²) < 4.78 is 0. The molecule has 1 amide bonds. The number of hydrogen-bond donors (Lipinski definition) is 2. The van der Waals surface area contributed by atoms with E-state index in [0.29, 0.717) is 29.5 Å². The van der Waals surface area contributed by atoms with E-state index in [4.69, 9.17) is 12.6 Å². The molecule has 1 aliphatic heterocycles. The maximum atomic E-state index is 13.0. The molecule has 3 saturated carbocycles. The van der Waals surface area contributed by atoms with Crippen molar-refractivity contribution in [3.8, 4) is 0 Å². The van der Waals surface area contributed by atoms with Crippen molar-refractivity contribution in [2.75, 3.05) is 0 Å². The highest BCUT2D eigenvalue weighted by atomic mass is 33.1. The van der Waals surface area contributed by atoms with Crippen LogP contribution in [0.5, 0.6) is 0 Å². The zero-order chi connectivity index (χ0) is 21.5. The second-order valence-corrected chi connectivity index (χ2v) is 16.3. The van der Waals surface area contributed by atoms with Gasteiger partial charge in [0, 0.05) is 38.7 Å². The molecule has 4 rings (SSSR count). The SMILES string of the molecule is O=C(CC1CC2SSC2C(SSC2CCCC2)CCC1S)NC1CCCCCCCC1. The van der Waals surface area contributed by atoms with Gasteiger partial charge in [-0.25, -0.2) is 0 Å². The smallest absolute Gasteiger partial charge is 0.220 e. The van der Waals surface area contributed by atoms with Crippen molar-refractivity contribution in [2.45, 2.75) is 135 Å². The van der Waals surface area contributed by atoms with Crippen LogP contribution in [0.4, 0.5) is 0 Å². The number of hydrogen-bond acceptors (Lipinski definition) is 6. The molecule has 7 heteroatoms. The molecule has 0 aromatic heterocycles. The molecule has 4 fully saturated rings. The van der Waals surface area contributed by atoms with E-state index in [0.717, 1.165) is 21.0 Å². The Balaban J connectivity index is 1.25. The van der Waals surface area contributed by atoms with Crippen LogP contribution in [0.2, 0.25) is 0 Å². The predicted molar refractivity (Wildman–Crippen MR) is 148 cm³/mol. The predicted octanol–water partition coefficient (Wildman–Crippen LogP) is 7.92. The Hall–Kier alpha value is 1.22. The van der Waals surface area contributed by atoms with Gasteiger partial charge in [0.2, 0.25) is 5.91 Å². The molecule has 5 unspecified atom stereocenters. The minimum atomic E-state index is 0.296. The Kier molecular flexibility index (Phi) is 10.9. The molecule has 1 heterocycles. The Morgan fingerprint density at radius 2 is 1.52 bits per heavy atom. The van der Waals surface area contributed by atoms with Crippen LogP contribution < -0.4 is 5.32 Å². The molecule has 1 saturated heterocycles. The largest absolute Gasteiger partial charge is 0.353 e. The van der Waals surface area contributed by atoms with Crippen molar-refractivity contribution < 1.29 is 4.79 Å². The van der Waals surface area contributed by atoms with E-state index >= 15 is 0 Å². The zero-order valence-corrected chi connectivity index (χ0v) is 23.0. The lowest BCUT2D eigenvalue weighted by molar-refractivity contribution is -0.122. The van der Waals surface area contributed by atoms with Crippen LogP contribution in [-0.2, 0) is 4.79 Å². The average Bonchev–Trinajstić information content (AvgIpc) is 3.29. The van der Waals surface area contributed by atoms with E-state index in [1.54, 1.807) is 0 Å². The monoisotopic (exact) mass is 519 g/mol. The number of fused-ring (bicyclic) bond motifs is 1. The summed E-state index contributed by atoms with van der Waals surface area (Å²) in [6.45, 7) is 0. The number of carbonyl (C=O) groups is 1. The third kappa shape index (κ3) is 7.86. The van der Waals surface area contributed by atoms with Crippen LogP contribution in [0.15, 0.2) is 0 Å². The fraction of sp³-hybridized carbons (Fsp3) is 0.958. The van der Waals surface area contributed by atoms with Gasteiger partial charge in [0.05, 0.1) is 0 Å². The average molecular weight is 520 g/mol. The molecular formula is C24H41NOS5. The van der Waals surface area contributed by atoms with E-state index in [9.17, 15) is 4.79 Å². The fourth-order valence-electron chi connectivity index (χ4n) is 5.62. The second-order valence-electron chi connectivity index (χ2n) is 10.1. The first-order valence-electron chi connectivity index (χ1n) is 12.8. The molecule has 0 bridgehead atoms. The minimum absolute atomic E-state index is 0.296. The van der Waals surface area contributed by atoms with Crippen molar-refractivity contribution in [3.63, 3.8) is 0 Å². The molecule has 4 aliphatic rings. The summed E-state index contributed by atoms with van der Waals surface area (Å²) in [7, 11) is 8.58. The lowest BCUT2D eigenvalue weighted by Crippen LogP contribution is -2.43. The quantitative estimate of drug-likeness (QED) is 0.275. The Morgan fingerprint density at radius 1 is 0.839 bits per heavy atom. The van der Waals surface area contributed by atoms with E-state index < -0.39 is 0 Å². The van der Waals surface area contributed by atoms with Crippen LogP contribution in [0.25, 0.3) is 0 Å². The number of carbonyl (C=O) groups excluding carboxylic acids is 1. The van der Waals surface area contributed by atoms with E-state index in [1.165, 1.54) is 96.3 Å². The highest BCUT2D eigenvalue weighted by Gasteiger charge is 2.44. The second kappa shape index (κ2) is 13.3. The Labute approximate surface area is 211 Å². The summed E-state index contributed by atoms with van der Waals surface area (Å²) in [4.78, 5) is 13.0. The number of amides is 1. The maximum absolute atomic E-state index is 13.0. The maximum Gasteiger partial charge on any atom is 0.220 e. The number of nitrogens with one attached hydrogen (secondary N) is 1. The Morgan fingerprint density at radius 3 is 2.19 bits per heavy atom. The van der Waals surface area contributed by atoms with Crippen molar-refractivity contribution >= 4 is 61.7 Å². The van der Waals surface area contributed by atoms with Crippen LogP contribution >= 0.6 is 55.8 Å². The van der Waals surface area contributed by atoms with Gasteiger partial charge in [0.25, 0.3) is 0 Å². The molecule has 1 N–H and O–H groups in total. The van der Waals surface area contributed by atoms with Gasteiger partial charge in [-0.2, -0.15) is 12.6 Å². The molecule has 0 aromatic rings. The molecule has 31 heavy (non-hydrogen) atoms. The van der Waals surface area contributed by atoms with Crippen molar-refractivity contribution in [1.82, 2.24) is 5.32 Å². The molecule has 178 valence electrons. The van der Waals surface area contributed by atoms with Gasteiger partial charge in [-0.1, -0.05) is 94.5 Å². The first-order valence-corrected chi connectivity index (χ1v) is 17.9. The summed E-state index contributed by atoms with van der Waals surface area (Å²) in [6.07, 6.45) is 20.4. The van der Waals surface area contributed by atoms with Crippen molar-refractivity contribution in [2.24, 2.45) is 5.92 Å². The summed E-state index contributed by atoms with van der Waals surface area (Å²) in [5.41, 5.74) is 0. The molecule has 2 nitrogen and oxygen atoms in total. The van der Waals surface area contributed by atoms with Crippen LogP contribution in [0.1, 0.15) is 103 Å². The molecule has 5 atom stereocenters. The standard InChI is InChI=1S/C24H41NOS5/c26-23(25-18-9-5-3-1-2-4-6-10-18)16-17-15-22-24(31-30-22)21(14-13-20(17)27)29-28-19-11-7-8-12-19/h17-22,24,27H,1-16H2,(H,25,26). The van der Waals surface area contributed by atoms with Gasteiger partial charge in [-0.15, -0.1) is 0 Å². The van der Waals surface area contributed by atoms with Crippen molar-refractivity contribution in [3.05, 3.63) is 0 Å². The summed E-state index contributed by atoms with van der Waals surface area (Å²) >= 11 is 5.04. The van der Waals surface area contributed by atoms with Gasteiger partial charge in [0.1, 0.15) is 0 Å². The van der Waals surface area contributed by atoms with Gasteiger partial charge < -0.3 is 5.32 Å². The topological polar surface area (TPSA) is 29.1 Å². The third-order valence-electron chi connectivity index (χ3n) is 7.63. The molecule has 0 aromatic carbocycles. The zero-order valence-electron chi connectivity index (χ0n) is 18.8. The van der Waals surface area contributed by atoms with Gasteiger partial charge >= 0.3 is 0 Å². The summed E-state index contributed by atoms with van der Waals surface area (Å²) in [5.74, 6) is 0.735. The molecule has 0 spiro atoms. The fourth-order valence-corrected chi connectivity index (χ4v) is 13.4. The normalized spacial score (nSPS) is 36.2. The van der Waals surface area contributed by atoms with E-state index in [2.05, 4.69) is 48.5 Å². The lowest BCUT2D eigenvalue weighted by Gasteiger charge is -2.44. The Bertz CT molecular complexity index is 548. The van der Waals surface area contributed by atoms with Crippen molar-refractivity contribution in [1.29, 1.82) is 0 Å². The van der Waals surface area contributed by atoms with Crippen LogP contribution in [0.3, 0.4) is 0 Å². The van der Waals surface area contributed by atoms with E-state index in [-0.39, 0.29) is 0 Å². The van der Waals surface area contributed by atoms with Gasteiger partial charge in [-0.3, -0.25) is 4.79 Å². The molecule has 3 aliphatic carbocycles. The first-order chi connectivity index (χ1) is 15.2. The minimum Gasteiger partial charge on any atom is -0.353 e. The summed E-state index contributed by atoms with van der Waals surface area (Å²) in [5, 5.41) is 6.98.